The second kappa shape index (κ2) is 14.2. The molecule has 14 rings (SSSR count). The first-order chi connectivity index (χ1) is 33.3. The van der Waals surface area contributed by atoms with Crippen molar-refractivity contribution in [2.24, 2.45) is 0 Å². The Bertz CT molecular complexity index is 3840. The molecule has 3 aliphatic carbocycles. The molecule has 2 heteroatoms. The second-order valence-electron chi connectivity index (χ2n) is 19.7. The van der Waals surface area contributed by atoms with E-state index in [4.69, 9.17) is 0 Å². The largest absolute Gasteiger partial charge is 0.310 e. The van der Waals surface area contributed by atoms with Crippen LogP contribution >= 0.6 is 0 Å². The number of nitrogens with zero attached hydrogens (tertiary/aromatic N) is 2. The van der Waals surface area contributed by atoms with E-state index < -0.39 is 5.41 Å². The maximum absolute atomic E-state index is 2.54. The maximum atomic E-state index is 2.54. The van der Waals surface area contributed by atoms with Gasteiger partial charge in [-0.3, -0.25) is 0 Å². The summed E-state index contributed by atoms with van der Waals surface area (Å²) in [7, 11) is 0. The van der Waals surface area contributed by atoms with Crippen molar-refractivity contribution in [3.63, 3.8) is 0 Å². The minimum Gasteiger partial charge on any atom is -0.310 e. The molecule has 0 bridgehead atoms. The number of hydrogen-bond acceptors (Lipinski definition) is 1. The Balaban J connectivity index is 1.06. The zero-order chi connectivity index (χ0) is 45.5. The van der Waals surface area contributed by atoms with Gasteiger partial charge in [-0.1, -0.05) is 178 Å². The normalized spacial score (nSPS) is 14.1. The van der Waals surface area contributed by atoms with E-state index in [-0.39, 0.29) is 5.41 Å². The highest BCUT2D eigenvalue weighted by molar-refractivity contribution is 6.10. The lowest BCUT2D eigenvalue weighted by molar-refractivity contribution is 0.660. The number of aryl methyl sites for hydroxylation is 2. The van der Waals surface area contributed by atoms with Crippen LogP contribution in [0.3, 0.4) is 0 Å². The Morgan fingerprint density at radius 1 is 0.338 bits per heavy atom. The van der Waals surface area contributed by atoms with Crippen molar-refractivity contribution in [3.8, 4) is 50.2 Å². The average Bonchev–Trinajstić information content (AvgIpc) is 4.05. The molecule has 2 nitrogen and oxygen atoms in total. The first-order valence-corrected chi connectivity index (χ1v) is 24.0. The molecule has 0 saturated carbocycles. The minimum absolute atomic E-state index is 0.150. The van der Waals surface area contributed by atoms with Crippen molar-refractivity contribution in [1.29, 1.82) is 0 Å². The SMILES string of the molecule is Cc1ccccc1-c1ccc(N(c2ccc3c(c2)C(C)(C)c2ccccc2-3)c2ccc3c(c2)C2(c4ccccc4-c4ccccc42)c2cccc(-n4c5ccccc5c5ccccc54)c2-3)cc1C. The Labute approximate surface area is 398 Å². The third kappa shape index (κ3) is 5.12. The standard InChI is InChI=1S/C66H48N2/c1-41-18-5-6-19-46(41)47-35-32-43(38-42(47)2)67(44-33-36-51-48-20-7-12-25-55(48)65(3,4)59(51)39-44)45-34-37-54-60(40-45)66(56-26-13-8-21-49(56)50-22-9-14-27-57(50)66)58-28-17-31-63(64(54)58)68-61-29-15-10-23-52(61)53-24-11-16-30-62(53)68/h5-40H,1-4H3. The van der Waals surface area contributed by atoms with Crippen LogP contribution in [-0.4, -0.2) is 4.57 Å². The molecular formula is C66H48N2. The summed E-state index contributed by atoms with van der Waals surface area (Å²) >= 11 is 0. The van der Waals surface area contributed by atoms with Crippen LogP contribution in [0.4, 0.5) is 17.1 Å². The quantitative estimate of drug-likeness (QED) is 0.167. The number of aromatic nitrogens is 1. The van der Waals surface area contributed by atoms with E-state index in [0.717, 1.165) is 17.1 Å². The van der Waals surface area contributed by atoms with E-state index in [9.17, 15) is 0 Å². The molecule has 0 atom stereocenters. The van der Waals surface area contributed by atoms with Crippen molar-refractivity contribution < 1.29 is 0 Å². The molecule has 0 saturated heterocycles. The molecule has 3 aliphatic rings. The molecule has 0 aliphatic heterocycles. The number of fused-ring (bicyclic) bond motifs is 16. The van der Waals surface area contributed by atoms with E-state index in [0.29, 0.717) is 0 Å². The van der Waals surface area contributed by atoms with Gasteiger partial charge in [0.05, 0.1) is 22.1 Å². The molecule has 1 spiro atoms. The van der Waals surface area contributed by atoms with Crippen molar-refractivity contribution >= 4 is 38.9 Å². The molecule has 0 fully saturated rings. The highest BCUT2D eigenvalue weighted by atomic mass is 15.1. The Kier molecular flexibility index (Phi) is 8.12. The van der Waals surface area contributed by atoms with Crippen molar-refractivity contribution in [2.75, 3.05) is 4.90 Å². The first kappa shape index (κ1) is 39.0. The van der Waals surface area contributed by atoms with E-state index in [1.807, 2.05) is 0 Å². The summed E-state index contributed by atoms with van der Waals surface area (Å²) in [5, 5.41) is 2.53. The third-order valence-electron chi connectivity index (χ3n) is 15.9. The molecule has 10 aromatic carbocycles. The number of rotatable bonds is 5. The number of anilines is 3. The van der Waals surface area contributed by atoms with Crippen molar-refractivity contribution in [3.05, 3.63) is 263 Å². The summed E-state index contributed by atoms with van der Waals surface area (Å²) in [4.78, 5) is 2.52. The van der Waals surface area contributed by atoms with E-state index in [2.05, 4.69) is 256 Å². The molecule has 11 aromatic rings. The maximum Gasteiger partial charge on any atom is 0.0727 e. The smallest absolute Gasteiger partial charge is 0.0727 e. The topological polar surface area (TPSA) is 8.17 Å². The van der Waals surface area contributed by atoms with Crippen molar-refractivity contribution in [1.82, 2.24) is 4.57 Å². The van der Waals surface area contributed by atoms with Gasteiger partial charge in [-0.15, -0.1) is 0 Å². The molecule has 0 amide bonds. The molecule has 1 heterocycles. The highest BCUT2D eigenvalue weighted by Crippen LogP contribution is 2.64. The lowest BCUT2D eigenvalue weighted by Gasteiger charge is -2.33. The van der Waals surface area contributed by atoms with Crippen LogP contribution < -0.4 is 4.90 Å². The molecule has 0 N–H and O–H groups in total. The first-order valence-electron chi connectivity index (χ1n) is 24.0. The van der Waals surface area contributed by atoms with Gasteiger partial charge < -0.3 is 9.47 Å². The van der Waals surface area contributed by atoms with Gasteiger partial charge in [-0.05, 0) is 152 Å². The van der Waals surface area contributed by atoms with Gasteiger partial charge in [0.15, 0.2) is 0 Å². The Morgan fingerprint density at radius 3 is 1.43 bits per heavy atom. The van der Waals surface area contributed by atoms with Crippen LogP contribution in [0.25, 0.3) is 72.0 Å². The third-order valence-corrected chi connectivity index (χ3v) is 15.9. The van der Waals surface area contributed by atoms with Crippen LogP contribution in [0.2, 0.25) is 0 Å². The number of para-hydroxylation sites is 2. The summed E-state index contributed by atoms with van der Waals surface area (Å²) in [5.74, 6) is 0. The van der Waals surface area contributed by atoms with Gasteiger partial charge in [-0.2, -0.15) is 0 Å². The van der Waals surface area contributed by atoms with Gasteiger partial charge >= 0.3 is 0 Å². The minimum atomic E-state index is -0.555. The lowest BCUT2D eigenvalue weighted by atomic mass is 9.70. The van der Waals surface area contributed by atoms with Crippen molar-refractivity contribution in [2.45, 2.75) is 38.5 Å². The predicted molar refractivity (Wildman–Crippen MR) is 284 cm³/mol. The molecular weight excluding hydrogens is 821 g/mol. The number of hydrogen-bond donors (Lipinski definition) is 0. The summed E-state index contributed by atoms with van der Waals surface area (Å²) in [6, 6.07) is 82.5. The van der Waals surface area contributed by atoms with Crippen LogP contribution in [0, 0.1) is 13.8 Å². The van der Waals surface area contributed by atoms with E-state index in [1.54, 1.807) is 0 Å². The summed E-state index contributed by atoms with van der Waals surface area (Å²) in [6.07, 6.45) is 0. The fourth-order valence-electron chi connectivity index (χ4n) is 12.9. The van der Waals surface area contributed by atoms with Gasteiger partial charge in [0.2, 0.25) is 0 Å². The Hall–Kier alpha value is -8.20. The van der Waals surface area contributed by atoms with Crippen LogP contribution in [0.5, 0.6) is 0 Å². The van der Waals surface area contributed by atoms with Crippen LogP contribution in [0.15, 0.2) is 218 Å². The van der Waals surface area contributed by atoms with Gasteiger partial charge in [-0.25, -0.2) is 0 Å². The van der Waals surface area contributed by atoms with E-state index >= 15 is 0 Å². The predicted octanol–water partition coefficient (Wildman–Crippen LogP) is 17.2. The zero-order valence-electron chi connectivity index (χ0n) is 38.7. The lowest BCUT2D eigenvalue weighted by Crippen LogP contribution is -2.26. The van der Waals surface area contributed by atoms with E-state index in [1.165, 1.54) is 117 Å². The second-order valence-corrected chi connectivity index (χ2v) is 19.7. The zero-order valence-corrected chi connectivity index (χ0v) is 38.7. The molecule has 0 unspecified atom stereocenters. The fourth-order valence-corrected chi connectivity index (χ4v) is 12.9. The Morgan fingerprint density at radius 2 is 0.794 bits per heavy atom. The average molecular weight is 869 g/mol. The summed E-state index contributed by atoms with van der Waals surface area (Å²) in [6.45, 7) is 9.24. The molecule has 0 radical (unpaired) electrons. The van der Waals surface area contributed by atoms with Gasteiger partial charge in [0.1, 0.15) is 0 Å². The monoisotopic (exact) mass is 868 g/mol. The molecule has 322 valence electrons. The molecule has 1 aromatic heterocycles. The van der Waals surface area contributed by atoms with Gasteiger partial charge in [0.25, 0.3) is 0 Å². The molecule has 68 heavy (non-hydrogen) atoms. The fraction of sp³-hybridized carbons (Fsp3) is 0.0909. The summed E-state index contributed by atoms with van der Waals surface area (Å²) in [5.41, 5.74) is 27.2. The van der Waals surface area contributed by atoms with Crippen LogP contribution in [0.1, 0.15) is 58.4 Å². The highest BCUT2D eigenvalue weighted by Gasteiger charge is 2.52. The number of benzene rings is 10. The van der Waals surface area contributed by atoms with Crippen LogP contribution in [-0.2, 0) is 10.8 Å². The van der Waals surface area contributed by atoms with Gasteiger partial charge in [0, 0.05) is 38.8 Å². The summed E-state index contributed by atoms with van der Waals surface area (Å²) < 4.78 is 2.52.